The lowest BCUT2D eigenvalue weighted by Gasteiger charge is -2.20. The van der Waals surface area contributed by atoms with Crippen molar-refractivity contribution in [3.8, 4) is 10.6 Å². The van der Waals surface area contributed by atoms with Gasteiger partial charge in [0.25, 0.3) is 0 Å². The third-order valence-corrected chi connectivity index (χ3v) is 5.25. The van der Waals surface area contributed by atoms with E-state index in [2.05, 4.69) is 39.2 Å². The first-order chi connectivity index (χ1) is 11.7. The molecule has 0 unspecified atom stereocenters. The van der Waals surface area contributed by atoms with Crippen molar-refractivity contribution in [3.05, 3.63) is 63.8 Å². The van der Waals surface area contributed by atoms with E-state index in [1.807, 2.05) is 18.2 Å². The van der Waals surface area contributed by atoms with Gasteiger partial charge in [-0.1, -0.05) is 30.3 Å². The number of nitrogens with zero attached hydrogens (tertiary/aromatic N) is 2. The van der Waals surface area contributed by atoms with Crippen molar-refractivity contribution in [1.82, 2.24) is 9.88 Å². The average Bonchev–Trinajstić information content (AvgIpc) is 3.25. The maximum atomic E-state index is 11.2. The van der Waals surface area contributed by atoms with Crippen LogP contribution in [0, 0.1) is 0 Å². The third-order valence-electron chi connectivity index (χ3n) is 3.63. The van der Waals surface area contributed by atoms with Gasteiger partial charge in [0.15, 0.2) is 0 Å². The van der Waals surface area contributed by atoms with Crippen LogP contribution >= 0.6 is 22.7 Å². The summed E-state index contributed by atoms with van der Waals surface area (Å²) in [5.74, 6) is -0.273. The van der Waals surface area contributed by atoms with E-state index in [0.29, 0.717) is 19.5 Å². The fraction of sp³-hybridized carbons (Fsp3) is 0.222. The lowest BCUT2D eigenvalue weighted by atomic mass is 10.2. The molecule has 2 heterocycles. The van der Waals surface area contributed by atoms with Crippen molar-refractivity contribution in [2.24, 2.45) is 5.73 Å². The lowest BCUT2D eigenvalue weighted by Crippen LogP contribution is -2.27. The Morgan fingerprint density at radius 1 is 1.12 bits per heavy atom. The molecule has 0 spiro atoms. The van der Waals surface area contributed by atoms with Crippen LogP contribution in [0.4, 0.5) is 0 Å². The van der Waals surface area contributed by atoms with Crippen molar-refractivity contribution < 1.29 is 4.79 Å². The zero-order valence-corrected chi connectivity index (χ0v) is 14.9. The van der Waals surface area contributed by atoms with Crippen LogP contribution in [0.15, 0.2) is 52.5 Å². The van der Waals surface area contributed by atoms with Crippen LogP contribution in [-0.4, -0.2) is 22.3 Å². The quantitative estimate of drug-likeness (QED) is 0.668. The molecule has 24 heavy (non-hydrogen) atoms. The van der Waals surface area contributed by atoms with Gasteiger partial charge in [-0.2, -0.15) is 11.3 Å². The molecule has 0 fully saturated rings. The number of carbonyl (C=O) groups is 1. The summed E-state index contributed by atoms with van der Waals surface area (Å²) in [5, 5.41) is 7.30. The topological polar surface area (TPSA) is 59.2 Å². The van der Waals surface area contributed by atoms with E-state index in [-0.39, 0.29) is 5.91 Å². The number of primary amides is 1. The highest BCUT2D eigenvalue weighted by atomic mass is 32.1. The van der Waals surface area contributed by atoms with E-state index < -0.39 is 0 Å². The van der Waals surface area contributed by atoms with Gasteiger partial charge in [-0.05, 0) is 17.0 Å². The Morgan fingerprint density at radius 2 is 1.96 bits per heavy atom. The second kappa shape index (κ2) is 8.19. The van der Waals surface area contributed by atoms with E-state index >= 15 is 0 Å². The number of carbonyl (C=O) groups excluding carboxylic acids is 1. The fourth-order valence-corrected chi connectivity index (χ4v) is 3.97. The van der Waals surface area contributed by atoms with Crippen molar-refractivity contribution >= 4 is 28.6 Å². The van der Waals surface area contributed by atoms with Crippen molar-refractivity contribution in [1.29, 1.82) is 0 Å². The van der Waals surface area contributed by atoms with E-state index in [1.165, 1.54) is 11.1 Å². The Hall–Kier alpha value is -2.02. The van der Waals surface area contributed by atoms with Crippen LogP contribution in [0.25, 0.3) is 10.6 Å². The number of aromatic nitrogens is 1. The van der Waals surface area contributed by atoms with Crippen LogP contribution in [0.3, 0.4) is 0 Å². The molecule has 4 nitrogen and oxygen atoms in total. The first-order valence-corrected chi connectivity index (χ1v) is 9.54. The maximum Gasteiger partial charge on any atom is 0.218 e. The third kappa shape index (κ3) is 4.74. The molecule has 0 saturated carbocycles. The van der Waals surface area contributed by atoms with Crippen molar-refractivity contribution in [2.75, 3.05) is 6.54 Å². The molecule has 0 aliphatic heterocycles. The Balaban J connectivity index is 1.69. The highest BCUT2D eigenvalue weighted by Crippen LogP contribution is 2.26. The summed E-state index contributed by atoms with van der Waals surface area (Å²) in [6.45, 7) is 2.12. The molecule has 0 atom stereocenters. The number of rotatable bonds is 8. The second-order valence-corrected chi connectivity index (χ2v) is 7.21. The highest BCUT2D eigenvalue weighted by molar-refractivity contribution is 7.14. The minimum Gasteiger partial charge on any atom is -0.370 e. The minimum atomic E-state index is -0.273. The van der Waals surface area contributed by atoms with Gasteiger partial charge >= 0.3 is 0 Å². The number of thiophene rings is 1. The minimum absolute atomic E-state index is 0.273. The summed E-state index contributed by atoms with van der Waals surface area (Å²) in [5.41, 5.74) is 8.73. The number of amides is 1. The number of nitrogens with two attached hydrogens (primary N) is 1. The number of hydrogen-bond acceptors (Lipinski definition) is 5. The Bertz CT molecular complexity index is 769. The van der Waals surface area contributed by atoms with Gasteiger partial charge < -0.3 is 5.73 Å². The summed E-state index contributed by atoms with van der Waals surface area (Å²) < 4.78 is 0. The normalized spacial score (nSPS) is 11.0. The van der Waals surface area contributed by atoms with Gasteiger partial charge in [0.1, 0.15) is 5.01 Å². The summed E-state index contributed by atoms with van der Waals surface area (Å²) in [6, 6.07) is 12.3. The second-order valence-electron chi connectivity index (χ2n) is 5.57. The zero-order chi connectivity index (χ0) is 16.8. The molecule has 2 aromatic heterocycles. The molecule has 3 aromatic rings. The van der Waals surface area contributed by atoms with Crippen LogP contribution < -0.4 is 5.73 Å². The molecule has 0 bridgehead atoms. The highest BCUT2D eigenvalue weighted by Gasteiger charge is 2.12. The number of benzene rings is 1. The molecule has 1 amide bonds. The average molecular weight is 358 g/mol. The van der Waals surface area contributed by atoms with E-state index in [0.717, 1.165) is 17.2 Å². The van der Waals surface area contributed by atoms with Crippen LogP contribution in [0.2, 0.25) is 0 Å². The first-order valence-electron chi connectivity index (χ1n) is 7.72. The van der Waals surface area contributed by atoms with Gasteiger partial charge in [-0.3, -0.25) is 9.69 Å². The molecule has 6 heteroatoms. The largest absolute Gasteiger partial charge is 0.370 e. The molecular formula is C18H19N3OS2. The van der Waals surface area contributed by atoms with Gasteiger partial charge in [-0.25, -0.2) is 4.98 Å². The molecule has 0 saturated heterocycles. The molecule has 2 N–H and O–H groups in total. The van der Waals surface area contributed by atoms with Crippen molar-refractivity contribution in [3.63, 3.8) is 0 Å². The van der Waals surface area contributed by atoms with Gasteiger partial charge in [0.05, 0.1) is 5.69 Å². The molecule has 1 aromatic carbocycles. The summed E-state index contributed by atoms with van der Waals surface area (Å²) in [4.78, 5) is 18.1. The molecule has 0 aliphatic carbocycles. The Morgan fingerprint density at radius 3 is 2.67 bits per heavy atom. The SMILES string of the molecule is NC(=O)CCN(Cc1ccccc1)Cc1csc(-c2ccsc2)n1. The fourth-order valence-electron chi connectivity index (χ4n) is 2.45. The van der Waals surface area contributed by atoms with Crippen molar-refractivity contribution in [2.45, 2.75) is 19.5 Å². The van der Waals surface area contributed by atoms with E-state index in [9.17, 15) is 4.79 Å². The van der Waals surface area contributed by atoms with Crippen LogP contribution in [0.1, 0.15) is 17.7 Å². The molecule has 124 valence electrons. The van der Waals surface area contributed by atoms with Gasteiger partial charge in [0, 0.05) is 42.4 Å². The lowest BCUT2D eigenvalue weighted by molar-refractivity contribution is -0.118. The number of hydrogen-bond donors (Lipinski definition) is 1. The zero-order valence-electron chi connectivity index (χ0n) is 13.2. The van der Waals surface area contributed by atoms with Gasteiger partial charge in [0.2, 0.25) is 5.91 Å². The molecular weight excluding hydrogens is 338 g/mol. The molecule has 0 radical (unpaired) electrons. The number of thiazole rings is 1. The van der Waals surface area contributed by atoms with Crippen LogP contribution in [-0.2, 0) is 17.9 Å². The molecule has 0 aliphatic rings. The standard InChI is InChI=1S/C18H19N3OS2/c19-17(22)6-8-21(10-14-4-2-1-3-5-14)11-16-13-24-18(20-16)15-7-9-23-12-15/h1-5,7,9,12-13H,6,8,10-11H2,(H2,19,22). The maximum absolute atomic E-state index is 11.2. The first kappa shape index (κ1) is 16.8. The predicted octanol–water partition coefficient (Wildman–Crippen LogP) is 3.75. The summed E-state index contributed by atoms with van der Waals surface area (Å²) in [7, 11) is 0. The van der Waals surface area contributed by atoms with Gasteiger partial charge in [-0.15, -0.1) is 11.3 Å². The summed E-state index contributed by atoms with van der Waals surface area (Å²) in [6.07, 6.45) is 0.356. The Kier molecular flexibility index (Phi) is 5.74. The Labute approximate surface area is 149 Å². The summed E-state index contributed by atoms with van der Waals surface area (Å²) >= 11 is 3.33. The van der Waals surface area contributed by atoms with E-state index in [1.54, 1.807) is 22.7 Å². The van der Waals surface area contributed by atoms with Crippen LogP contribution in [0.5, 0.6) is 0 Å². The monoisotopic (exact) mass is 357 g/mol. The smallest absolute Gasteiger partial charge is 0.218 e. The molecule has 3 rings (SSSR count). The van der Waals surface area contributed by atoms with E-state index in [4.69, 9.17) is 10.7 Å². The predicted molar refractivity (Wildman–Crippen MR) is 99.8 cm³/mol.